The molecule has 7 nitrogen and oxygen atoms in total. The van der Waals surface area contributed by atoms with Crippen molar-refractivity contribution in [2.24, 2.45) is 0 Å². The lowest BCUT2D eigenvalue weighted by Gasteiger charge is -2.14. The van der Waals surface area contributed by atoms with E-state index in [2.05, 4.69) is 20.4 Å². The predicted octanol–water partition coefficient (Wildman–Crippen LogP) is 0.494. The van der Waals surface area contributed by atoms with Gasteiger partial charge in [0, 0.05) is 18.9 Å². The Morgan fingerprint density at radius 1 is 1.47 bits per heavy atom. The third-order valence-corrected chi connectivity index (χ3v) is 2.54. The summed E-state index contributed by atoms with van der Waals surface area (Å²) in [5.74, 6) is -0.401. The summed E-state index contributed by atoms with van der Waals surface area (Å²) in [6, 6.07) is 0. The number of carbonyl (C=O) groups is 1. The van der Waals surface area contributed by atoms with E-state index in [1.165, 1.54) is 12.5 Å². The van der Waals surface area contributed by atoms with E-state index in [0.29, 0.717) is 16.9 Å². The lowest BCUT2D eigenvalue weighted by Crippen LogP contribution is -2.29. The number of hydrazine groups is 1. The van der Waals surface area contributed by atoms with Gasteiger partial charge in [0.05, 0.1) is 0 Å². The summed E-state index contributed by atoms with van der Waals surface area (Å²) in [4.78, 5) is 22.0. The molecule has 1 aliphatic rings. The fourth-order valence-electron chi connectivity index (χ4n) is 1.78. The molecule has 0 radical (unpaired) electrons. The van der Waals surface area contributed by atoms with Crippen molar-refractivity contribution in [2.45, 2.75) is 0 Å². The van der Waals surface area contributed by atoms with Crippen molar-refractivity contribution in [1.82, 2.24) is 20.4 Å². The molecule has 7 heteroatoms. The van der Waals surface area contributed by atoms with Crippen molar-refractivity contribution in [3.05, 3.63) is 30.4 Å². The van der Waals surface area contributed by atoms with E-state index in [9.17, 15) is 4.79 Å². The Labute approximate surface area is 95.8 Å². The molecule has 2 aromatic rings. The van der Waals surface area contributed by atoms with E-state index in [4.69, 9.17) is 5.11 Å². The zero-order valence-corrected chi connectivity index (χ0v) is 8.71. The Morgan fingerprint density at radius 3 is 3.06 bits per heavy atom. The number of hydrogen-bond acceptors (Lipinski definition) is 5. The molecular weight excluding hydrogens is 222 g/mol. The summed E-state index contributed by atoms with van der Waals surface area (Å²) in [6.07, 6.45) is 6.55. The normalized spacial score (nSPS) is 14.7. The summed E-state index contributed by atoms with van der Waals surface area (Å²) < 4.78 is 0. The summed E-state index contributed by atoms with van der Waals surface area (Å²) in [7, 11) is 0. The topological polar surface area (TPSA) is 94.1 Å². The maximum absolute atomic E-state index is 11.0. The molecule has 3 heterocycles. The van der Waals surface area contributed by atoms with Crippen LogP contribution >= 0.6 is 0 Å². The maximum atomic E-state index is 11.0. The van der Waals surface area contributed by atoms with Gasteiger partial charge in [-0.3, -0.25) is 5.01 Å². The number of nitrogens with one attached hydrogen (secondary N) is 2. The maximum Gasteiger partial charge on any atom is 0.339 e. The van der Waals surface area contributed by atoms with Crippen LogP contribution in [-0.2, 0) is 0 Å². The SMILES string of the molecule is O=C(O)c1c[nH]c2c(N3C=CCN3)ncnc12. The number of H-pyrrole nitrogens is 1. The molecule has 0 amide bonds. The third kappa shape index (κ3) is 1.44. The van der Waals surface area contributed by atoms with E-state index in [-0.39, 0.29) is 5.56 Å². The zero-order chi connectivity index (χ0) is 11.8. The minimum Gasteiger partial charge on any atom is -0.478 e. The van der Waals surface area contributed by atoms with Gasteiger partial charge < -0.3 is 10.1 Å². The van der Waals surface area contributed by atoms with E-state index in [1.807, 2.05) is 12.3 Å². The largest absolute Gasteiger partial charge is 0.478 e. The first-order valence-electron chi connectivity index (χ1n) is 5.02. The lowest BCUT2D eigenvalue weighted by atomic mass is 10.3. The van der Waals surface area contributed by atoms with Crippen LogP contribution in [0.4, 0.5) is 5.82 Å². The monoisotopic (exact) mass is 231 g/mol. The van der Waals surface area contributed by atoms with Crippen molar-refractivity contribution in [1.29, 1.82) is 0 Å². The number of hydrogen-bond donors (Lipinski definition) is 3. The molecule has 0 aliphatic carbocycles. The van der Waals surface area contributed by atoms with Gasteiger partial charge in [-0.15, -0.1) is 0 Å². The molecule has 0 fully saturated rings. The molecule has 3 rings (SSSR count). The number of fused-ring (bicyclic) bond motifs is 1. The highest BCUT2D eigenvalue weighted by Gasteiger charge is 2.18. The molecule has 17 heavy (non-hydrogen) atoms. The van der Waals surface area contributed by atoms with Gasteiger partial charge in [-0.05, 0) is 0 Å². The average molecular weight is 231 g/mol. The number of aromatic carboxylic acids is 1. The van der Waals surface area contributed by atoms with E-state index < -0.39 is 5.97 Å². The number of aromatic nitrogens is 3. The molecule has 2 aromatic heterocycles. The summed E-state index contributed by atoms with van der Waals surface area (Å²) >= 11 is 0. The third-order valence-electron chi connectivity index (χ3n) is 2.54. The predicted molar refractivity (Wildman–Crippen MR) is 60.5 cm³/mol. The number of carboxylic acid groups (broad SMARTS) is 1. The second kappa shape index (κ2) is 3.56. The molecule has 3 N–H and O–H groups in total. The second-order valence-corrected chi connectivity index (χ2v) is 3.55. The van der Waals surface area contributed by atoms with Gasteiger partial charge in [-0.2, -0.15) is 0 Å². The van der Waals surface area contributed by atoms with Gasteiger partial charge in [0.2, 0.25) is 0 Å². The summed E-state index contributed by atoms with van der Waals surface area (Å²) in [5.41, 5.74) is 4.22. The number of nitrogens with zero attached hydrogens (tertiary/aromatic N) is 3. The van der Waals surface area contributed by atoms with E-state index in [1.54, 1.807) is 5.01 Å². The molecule has 0 saturated carbocycles. The number of rotatable bonds is 2. The van der Waals surface area contributed by atoms with Crippen molar-refractivity contribution in [2.75, 3.05) is 11.6 Å². The van der Waals surface area contributed by atoms with Gasteiger partial charge in [0.1, 0.15) is 22.9 Å². The fraction of sp³-hybridized carbons (Fsp3) is 0.100. The first kappa shape index (κ1) is 9.79. The van der Waals surface area contributed by atoms with Crippen LogP contribution in [0.2, 0.25) is 0 Å². The summed E-state index contributed by atoms with van der Waals surface area (Å²) in [5, 5.41) is 10.7. The standard InChI is InChI=1S/C10H9N5O2/c16-10(17)6-4-11-8-7(6)12-5-13-9(8)15-3-1-2-14-15/h1,3-5,11,14H,2H2,(H,16,17). The molecule has 0 saturated heterocycles. The lowest BCUT2D eigenvalue weighted by molar-refractivity contribution is 0.0699. The zero-order valence-electron chi connectivity index (χ0n) is 8.71. The van der Waals surface area contributed by atoms with Crippen LogP contribution < -0.4 is 10.4 Å². The highest BCUT2D eigenvalue weighted by Crippen LogP contribution is 2.24. The van der Waals surface area contributed by atoms with Crippen LogP contribution in [0.3, 0.4) is 0 Å². The first-order chi connectivity index (χ1) is 8.27. The van der Waals surface area contributed by atoms with Crippen LogP contribution in [0.5, 0.6) is 0 Å². The molecule has 0 spiro atoms. The van der Waals surface area contributed by atoms with Crippen LogP contribution in [0.1, 0.15) is 10.4 Å². The Kier molecular flexibility index (Phi) is 2.05. The number of aromatic amines is 1. The van der Waals surface area contributed by atoms with Crippen LogP contribution in [0.15, 0.2) is 24.8 Å². The Morgan fingerprint density at radius 2 is 2.35 bits per heavy atom. The second-order valence-electron chi connectivity index (χ2n) is 3.55. The molecule has 1 aliphatic heterocycles. The van der Waals surface area contributed by atoms with Crippen molar-refractivity contribution >= 4 is 22.8 Å². The minimum absolute atomic E-state index is 0.145. The minimum atomic E-state index is -1.01. The van der Waals surface area contributed by atoms with Gasteiger partial charge in [-0.25, -0.2) is 20.2 Å². The Balaban J connectivity index is 2.20. The summed E-state index contributed by atoms with van der Waals surface area (Å²) in [6.45, 7) is 0.720. The fourth-order valence-corrected chi connectivity index (χ4v) is 1.78. The molecule has 0 bridgehead atoms. The van der Waals surface area contributed by atoms with Crippen LogP contribution in [-0.4, -0.2) is 32.6 Å². The molecule has 86 valence electrons. The van der Waals surface area contributed by atoms with Crippen molar-refractivity contribution < 1.29 is 9.90 Å². The highest BCUT2D eigenvalue weighted by atomic mass is 16.4. The van der Waals surface area contributed by atoms with Crippen molar-refractivity contribution in [3.63, 3.8) is 0 Å². The van der Waals surface area contributed by atoms with Crippen molar-refractivity contribution in [3.8, 4) is 0 Å². The quantitative estimate of drug-likeness (QED) is 0.696. The van der Waals surface area contributed by atoms with Gasteiger partial charge in [0.25, 0.3) is 0 Å². The first-order valence-corrected chi connectivity index (χ1v) is 5.02. The Hall–Kier alpha value is -2.41. The van der Waals surface area contributed by atoms with Gasteiger partial charge in [-0.1, -0.05) is 6.08 Å². The molecule has 0 unspecified atom stereocenters. The molecular formula is C10H9N5O2. The van der Waals surface area contributed by atoms with Gasteiger partial charge >= 0.3 is 5.97 Å². The smallest absolute Gasteiger partial charge is 0.339 e. The van der Waals surface area contributed by atoms with Crippen LogP contribution in [0.25, 0.3) is 11.0 Å². The Bertz CT molecular complexity index is 618. The number of carboxylic acids is 1. The molecule has 0 atom stereocenters. The van der Waals surface area contributed by atoms with Gasteiger partial charge in [0.15, 0.2) is 5.82 Å². The van der Waals surface area contributed by atoms with E-state index >= 15 is 0 Å². The average Bonchev–Trinajstić information content (AvgIpc) is 2.97. The van der Waals surface area contributed by atoms with E-state index in [0.717, 1.165) is 6.54 Å². The molecule has 0 aromatic carbocycles. The van der Waals surface area contributed by atoms with Crippen LogP contribution in [0, 0.1) is 0 Å². The highest BCUT2D eigenvalue weighted by molar-refractivity contribution is 6.03. The number of anilines is 1.